The number of nitrogens with zero attached hydrogens (tertiary/aromatic N) is 1. The molecule has 0 radical (unpaired) electrons. The Morgan fingerprint density at radius 3 is 2.21 bits per heavy atom. The zero-order valence-corrected chi connectivity index (χ0v) is 12.0. The molecule has 0 aliphatic rings. The van der Waals surface area contributed by atoms with E-state index in [4.69, 9.17) is 5.73 Å². The minimum absolute atomic E-state index is 0.192. The summed E-state index contributed by atoms with van der Waals surface area (Å²) in [4.78, 5) is 25.6. The minimum Gasteiger partial charge on any atom is -0.368 e. The number of hydrogen-bond donors (Lipinski definition) is 1. The predicted molar refractivity (Wildman–Crippen MR) is 75.6 cm³/mol. The molecule has 0 aliphatic heterocycles. The van der Waals surface area contributed by atoms with Crippen molar-refractivity contribution in [2.24, 2.45) is 11.7 Å². The van der Waals surface area contributed by atoms with Crippen molar-refractivity contribution in [2.45, 2.75) is 32.7 Å². The van der Waals surface area contributed by atoms with E-state index in [-0.39, 0.29) is 11.8 Å². The molecule has 0 heterocycles. The van der Waals surface area contributed by atoms with E-state index in [0.29, 0.717) is 12.0 Å². The second-order valence-electron chi connectivity index (χ2n) is 5.47. The lowest BCUT2D eigenvalue weighted by Gasteiger charge is -2.37. The van der Waals surface area contributed by atoms with Gasteiger partial charge in [0.1, 0.15) is 5.54 Å². The van der Waals surface area contributed by atoms with E-state index in [1.165, 1.54) is 4.90 Å². The van der Waals surface area contributed by atoms with Crippen LogP contribution in [0.1, 0.15) is 37.6 Å². The van der Waals surface area contributed by atoms with Crippen LogP contribution in [0.3, 0.4) is 0 Å². The number of likely N-dealkylation sites (N-methyl/N-ethyl adjacent to an activating group) is 1. The van der Waals surface area contributed by atoms with Gasteiger partial charge in [-0.2, -0.15) is 0 Å². The molecule has 2 amide bonds. The number of rotatable bonds is 5. The van der Waals surface area contributed by atoms with Crippen LogP contribution in [-0.4, -0.2) is 29.3 Å². The van der Waals surface area contributed by atoms with Crippen LogP contribution in [0.25, 0.3) is 0 Å². The van der Waals surface area contributed by atoms with Gasteiger partial charge in [-0.1, -0.05) is 32.0 Å². The quantitative estimate of drug-likeness (QED) is 0.882. The number of carbonyl (C=O) groups excluding carboxylic acids is 2. The average Bonchev–Trinajstić information content (AvgIpc) is 2.36. The van der Waals surface area contributed by atoms with Gasteiger partial charge >= 0.3 is 0 Å². The van der Waals surface area contributed by atoms with Gasteiger partial charge in [0.2, 0.25) is 5.91 Å². The van der Waals surface area contributed by atoms with Crippen molar-refractivity contribution >= 4 is 11.8 Å². The SMILES string of the molecule is CC(C)C[C@](C)(C(N)=O)N(C)C(=O)c1ccccc1. The summed E-state index contributed by atoms with van der Waals surface area (Å²) in [5.74, 6) is -0.404. The van der Waals surface area contributed by atoms with Gasteiger partial charge < -0.3 is 10.6 Å². The number of primary amides is 1. The number of hydrogen-bond acceptors (Lipinski definition) is 2. The van der Waals surface area contributed by atoms with Gasteiger partial charge in [0.15, 0.2) is 0 Å². The normalized spacial score (nSPS) is 13.9. The van der Waals surface area contributed by atoms with Gasteiger partial charge in [-0.15, -0.1) is 0 Å². The third kappa shape index (κ3) is 3.34. The maximum Gasteiger partial charge on any atom is 0.254 e. The van der Waals surface area contributed by atoms with E-state index in [9.17, 15) is 9.59 Å². The predicted octanol–water partition coefficient (Wildman–Crippen LogP) is 2.05. The van der Waals surface area contributed by atoms with Crippen LogP contribution in [0, 0.1) is 5.92 Å². The molecule has 0 aromatic heterocycles. The summed E-state index contributed by atoms with van der Waals surface area (Å²) < 4.78 is 0. The Labute approximate surface area is 114 Å². The first kappa shape index (κ1) is 15.2. The van der Waals surface area contributed by atoms with Crippen molar-refractivity contribution in [2.75, 3.05) is 7.05 Å². The van der Waals surface area contributed by atoms with Gasteiger partial charge in [0.05, 0.1) is 0 Å². The molecule has 0 aliphatic carbocycles. The first-order valence-electron chi connectivity index (χ1n) is 6.42. The minimum atomic E-state index is -0.971. The standard InChI is InChI=1S/C15H22N2O2/c1-11(2)10-15(3,14(16)19)17(4)13(18)12-8-6-5-7-9-12/h5-9,11H,10H2,1-4H3,(H2,16,19)/t15-/m1/s1. The lowest BCUT2D eigenvalue weighted by molar-refractivity contribution is -0.128. The van der Waals surface area contributed by atoms with Crippen molar-refractivity contribution in [3.63, 3.8) is 0 Å². The van der Waals surface area contributed by atoms with Crippen molar-refractivity contribution in [1.29, 1.82) is 0 Å². The molecule has 1 atom stereocenters. The second kappa shape index (κ2) is 5.87. The third-order valence-electron chi connectivity index (χ3n) is 3.40. The Morgan fingerprint density at radius 2 is 1.79 bits per heavy atom. The highest BCUT2D eigenvalue weighted by Crippen LogP contribution is 2.24. The van der Waals surface area contributed by atoms with E-state index >= 15 is 0 Å². The van der Waals surface area contributed by atoms with Crippen LogP contribution in [0.2, 0.25) is 0 Å². The second-order valence-corrected chi connectivity index (χ2v) is 5.47. The molecule has 4 heteroatoms. The monoisotopic (exact) mass is 262 g/mol. The summed E-state index contributed by atoms with van der Waals surface area (Å²) in [5, 5.41) is 0. The zero-order valence-electron chi connectivity index (χ0n) is 12.0. The summed E-state index contributed by atoms with van der Waals surface area (Å²) in [6.07, 6.45) is 0.539. The van der Waals surface area contributed by atoms with Crippen LogP contribution in [0.4, 0.5) is 0 Å². The smallest absolute Gasteiger partial charge is 0.254 e. The largest absolute Gasteiger partial charge is 0.368 e. The molecular formula is C15H22N2O2. The van der Waals surface area contributed by atoms with Gasteiger partial charge in [-0.25, -0.2) is 0 Å². The Bertz CT molecular complexity index is 456. The van der Waals surface area contributed by atoms with Crippen LogP contribution >= 0.6 is 0 Å². The molecule has 104 valence electrons. The van der Waals surface area contributed by atoms with Crippen molar-refractivity contribution in [3.05, 3.63) is 35.9 Å². The number of amides is 2. The topological polar surface area (TPSA) is 63.4 Å². The molecule has 1 aromatic carbocycles. The Morgan fingerprint density at radius 1 is 1.26 bits per heavy atom. The van der Waals surface area contributed by atoms with Crippen LogP contribution in [0.15, 0.2) is 30.3 Å². The summed E-state index contributed by atoms with van der Waals surface area (Å²) >= 11 is 0. The highest BCUT2D eigenvalue weighted by Gasteiger charge is 2.39. The Hall–Kier alpha value is -1.84. The van der Waals surface area contributed by atoms with E-state index in [2.05, 4.69) is 0 Å². The van der Waals surface area contributed by atoms with Crippen LogP contribution in [-0.2, 0) is 4.79 Å². The molecule has 0 spiro atoms. The van der Waals surface area contributed by atoms with E-state index in [0.717, 1.165) is 0 Å². The van der Waals surface area contributed by atoms with Crippen LogP contribution in [0.5, 0.6) is 0 Å². The fraction of sp³-hybridized carbons (Fsp3) is 0.467. The van der Waals surface area contributed by atoms with Gasteiger partial charge in [-0.05, 0) is 31.4 Å². The summed E-state index contributed by atoms with van der Waals surface area (Å²) in [6.45, 7) is 5.72. The van der Waals surface area contributed by atoms with Crippen LogP contribution < -0.4 is 5.73 Å². The highest BCUT2D eigenvalue weighted by atomic mass is 16.2. The molecule has 19 heavy (non-hydrogen) atoms. The molecular weight excluding hydrogens is 240 g/mol. The third-order valence-corrected chi connectivity index (χ3v) is 3.40. The molecule has 1 aromatic rings. The molecule has 2 N–H and O–H groups in total. The number of nitrogens with two attached hydrogens (primary N) is 1. The van der Waals surface area contributed by atoms with Gasteiger partial charge in [-0.3, -0.25) is 9.59 Å². The average molecular weight is 262 g/mol. The number of benzene rings is 1. The Kier molecular flexibility index (Phi) is 4.70. The Balaban J connectivity index is 3.04. The zero-order chi connectivity index (χ0) is 14.6. The highest BCUT2D eigenvalue weighted by molar-refractivity contribution is 5.98. The number of carbonyl (C=O) groups is 2. The summed E-state index contributed by atoms with van der Waals surface area (Å²) in [6, 6.07) is 8.90. The molecule has 0 unspecified atom stereocenters. The first-order valence-corrected chi connectivity index (χ1v) is 6.42. The van der Waals surface area contributed by atoms with Gasteiger partial charge in [0.25, 0.3) is 5.91 Å². The molecule has 0 fully saturated rings. The maximum absolute atomic E-state index is 12.4. The molecule has 0 saturated heterocycles. The maximum atomic E-state index is 12.4. The summed E-state index contributed by atoms with van der Waals surface area (Å²) in [7, 11) is 1.63. The first-order chi connectivity index (χ1) is 8.79. The van der Waals surface area contributed by atoms with Crippen molar-refractivity contribution in [1.82, 2.24) is 4.90 Å². The lowest BCUT2D eigenvalue weighted by Crippen LogP contribution is -2.56. The molecule has 4 nitrogen and oxygen atoms in total. The van der Waals surface area contributed by atoms with Gasteiger partial charge in [0, 0.05) is 12.6 Å². The van der Waals surface area contributed by atoms with E-state index < -0.39 is 11.4 Å². The van der Waals surface area contributed by atoms with Crippen molar-refractivity contribution in [3.8, 4) is 0 Å². The molecule has 0 bridgehead atoms. The summed E-state index contributed by atoms with van der Waals surface area (Å²) in [5.41, 5.74) is 5.09. The fourth-order valence-corrected chi connectivity index (χ4v) is 2.20. The molecule has 1 rings (SSSR count). The van der Waals surface area contributed by atoms with E-state index in [1.54, 1.807) is 38.2 Å². The van der Waals surface area contributed by atoms with Crippen molar-refractivity contribution < 1.29 is 9.59 Å². The van der Waals surface area contributed by atoms with E-state index in [1.807, 2.05) is 19.9 Å². The lowest BCUT2D eigenvalue weighted by atomic mass is 9.88. The fourth-order valence-electron chi connectivity index (χ4n) is 2.20. The molecule has 0 saturated carbocycles.